The van der Waals surface area contributed by atoms with Gasteiger partial charge in [-0.05, 0) is 31.9 Å². The Bertz CT molecular complexity index is 560. The smallest absolute Gasteiger partial charge is 0.159 e. The number of Topliss-reactive ketones (excluding diaryl/α,β-unsaturated/α-hetero) is 1. The molecule has 1 aromatic rings. The minimum Gasteiger partial charge on any atom is -0.491 e. The lowest BCUT2D eigenvalue weighted by Gasteiger charge is -2.44. The summed E-state index contributed by atoms with van der Waals surface area (Å²) >= 11 is 0. The Morgan fingerprint density at radius 1 is 1.42 bits per heavy atom. The molecule has 1 aromatic carbocycles. The van der Waals surface area contributed by atoms with E-state index in [1.54, 1.807) is 18.2 Å². The number of ketones is 1. The van der Waals surface area contributed by atoms with Crippen LogP contribution in [0.1, 0.15) is 43.0 Å². The van der Waals surface area contributed by atoms with Crippen molar-refractivity contribution >= 4 is 5.78 Å². The van der Waals surface area contributed by atoms with Crippen molar-refractivity contribution in [3.63, 3.8) is 0 Å². The lowest BCUT2D eigenvalue weighted by molar-refractivity contribution is -0.0992. The zero-order chi connectivity index (χ0) is 16.9. The summed E-state index contributed by atoms with van der Waals surface area (Å²) in [6, 6.07) is 7.53. The third-order valence-corrected chi connectivity index (χ3v) is 4.98. The van der Waals surface area contributed by atoms with Gasteiger partial charge in [-0.15, -0.1) is 0 Å². The highest BCUT2D eigenvalue weighted by Crippen LogP contribution is 2.28. The number of hydrogen-bond acceptors (Lipinski definition) is 5. The number of ether oxygens (including phenoxy) is 2. The first-order valence-electron chi connectivity index (χ1n) is 8.91. The SMILES string of the molecule is CC(=O)c1cccc(OCC(O)CN2CCOC3CCCCC32)c1. The molecule has 2 aliphatic rings. The fourth-order valence-corrected chi connectivity index (χ4v) is 3.72. The number of benzene rings is 1. The summed E-state index contributed by atoms with van der Waals surface area (Å²) < 4.78 is 11.5. The standard InChI is InChI=1S/C19H27NO4/c1-14(21)15-5-4-6-17(11-15)24-13-16(22)12-20-9-10-23-19-8-3-2-7-18(19)20/h4-6,11,16,18-19,22H,2-3,7-10,12-13H2,1H3. The normalized spacial score (nSPS) is 25.8. The van der Waals surface area contributed by atoms with E-state index in [1.165, 1.54) is 19.8 Å². The van der Waals surface area contributed by atoms with E-state index in [9.17, 15) is 9.90 Å². The second-order valence-electron chi connectivity index (χ2n) is 6.80. The first-order valence-corrected chi connectivity index (χ1v) is 8.91. The molecule has 0 amide bonds. The number of aliphatic hydroxyl groups excluding tert-OH is 1. The van der Waals surface area contributed by atoms with Crippen LogP contribution >= 0.6 is 0 Å². The van der Waals surface area contributed by atoms with Gasteiger partial charge in [-0.2, -0.15) is 0 Å². The monoisotopic (exact) mass is 333 g/mol. The van der Waals surface area contributed by atoms with Crippen molar-refractivity contribution in [1.29, 1.82) is 0 Å². The predicted molar refractivity (Wildman–Crippen MR) is 91.5 cm³/mol. The molecule has 24 heavy (non-hydrogen) atoms. The van der Waals surface area contributed by atoms with Gasteiger partial charge in [0.2, 0.25) is 0 Å². The highest BCUT2D eigenvalue weighted by molar-refractivity contribution is 5.94. The molecule has 1 aliphatic carbocycles. The fraction of sp³-hybridized carbons (Fsp3) is 0.632. The molecule has 5 heteroatoms. The number of morpholine rings is 1. The summed E-state index contributed by atoms with van der Waals surface area (Å²) in [5, 5.41) is 10.4. The zero-order valence-corrected chi connectivity index (χ0v) is 14.3. The molecule has 1 aliphatic heterocycles. The summed E-state index contributed by atoms with van der Waals surface area (Å²) in [6.45, 7) is 3.99. The maximum Gasteiger partial charge on any atom is 0.159 e. The molecular formula is C19H27NO4. The van der Waals surface area contributed by atoms with Gasteiger partial charge in [0.1, 0.15) is 18.5 Å². The van der Waals surface area contributed by atoms with E-state index in [0.717, 1.165) is 26.0 Å². The van der Waals surface area contributed by atoms with Gasteiger partial charge < -0.3 is 14.6 Å². The molecule has 1 saturated carbocycles. The summed E-state index contributed by atoms with van der Waals surface area (Å²) in [7, 11) is 0. The van der Waals surface area contributed by atoms with Gasteiger partial charge in [-0.25, -0.2) is 0 Å². The van der Waals surface area contributed by atoms with Crippen molar-refractivity contribution in [2.45, 2.75) is 50.9 Å². The van der Waals surface area contributed by atoms with Crippen molar-refractivity contribution < 1.29 is 19.4 Å². The first-order chi connectivity index (χ1) is 11.6. The average molecular weight is 333 g/mol. The number of β-amino-alcohol motifs (C(OH)–C–C–N with tert-alkyl or cyclic N) is 1. The van der Waals surface area contributed by atoms with E-state index in [4.69, 9.17) is 9.47 Å². The minimum atomic E-state index is -0.549. The Labute approximate surface area is 143 Å². The van der Waals surface area contributed by atoms with Crippen molar-refractivity contribution in [3.8, 4) is 5.75 Å². The van der Waals surface area contributed by atoms with Gasteiger partial charge in [-0.3, -0.25) is 9.69 Å². The van der Waals surface area contributed by atoms with Gasteiger partial charge in [0.05, 0.1) is 12.7 Å². The third-order valence-electron chi connectivity index (χ3n) is 4.98. The summed E-state index contributed by atoms with van der Waals surface area (Å²) in [5.74, 6) is 0.636. The third kappa shape index (κ3) is 4.35. The fourth-order valence-electron chi connectivity index (χ4n) is 3.72. The molecule has 0 spiro atoms. The van der Waals surface area contributed by atoms with Crippen LogP contribution in [0.15, 0.2) is 24.3 Å². The molecular weight excluding hydrogens is 306 g/mol. The molecule has 1 N–H and O–H groups in total. The predicted octanol–water partition coefficient (Wildman–Crippen LogP) is 2.27. The van der Waals surface area contributed by atoms with Gasteiger partial charge in [0.25, 0.3) is 0 Å². The molecule has 1 saturated heterocycles. The summed E-state index contributed by atoms with van der Waals surface area (Å²) in [4.78, 5) is 13.8. The van der Waals surface area contributed by atoms with Gasteiger partial charge in [0, 0.05) is 24.7 Å². The highest BCUT2D eigenvalue weighted by Gasteiger charge is 2.34. The number of aliphatic hydroxyl groups is 1. The van der Waals surface area contributed by atoms with Crippen LogP contribution in [0.5, 0.6) is 5.75 Å². The minimum absolute atomic E-state index is 0.0117. The number of nitrogens with zero attached hydrogens (tertiary/aromatic N) is 1. The molecule has 1 heterocycles. The van der Waals surface area contributed by atoms with E-state index in [2.05, 4.69) is 4.90 Å². The van der Waals surface area contributed by atoms with Crippen LogP contribution in [0.4, 0.5) is 0 Å². The van der Waals surface area contributed by atoms with Crippen LogP contribution in [0.2, 0.25) is 0 Å². The van der Waals surface area contributed by atoms with Crippen LogP contribution in [0, 0.1) is 0 Å². The Kier molecular flexibility index (Phi) is 5.87. The number of hydrogen-bond donors (Lipinski definition) is 1. The Morgan fingerprint density at radius 3 is 3.08 bits per heavy atom. The average Bonchev–Trinajstić information content (AvgIpc) is 2.60. The van der Waals surface area contributed by atoms with Crippen molar-refractivity contribution in [3.05, 3.63) is 29.8 Å². The summed E-state index contributed by atoms with van der Waals surface area (Å²) in [5.41, 5.74) is 0.625. The quantitative estimate of drug-likeness (QED) is 0.809. The van der Waals surface area contributed by atoms with Gasteiger partial charge in [-0.1, -0.05) is 25.0 Å². The highest BCUT2D eigenvalue weighted by atomic mass is 16.5. The summed E-state index contributed by atoms with van der Waals surface area (Å²) in [6.07, 6.45) is 4.54. The number of fused-ring (bicyclic) bond motifs is 1. The Morgan fingerprint density at radius 2 is 2.25 bits per heavy atom. The molecule has 3 rings (SSSR count). The largest absolute Gasteiger partial charge is 0.491 e. The molecule has 3 atom stereocenters. The molecule has 132 valence electrons. The van der Waals surface area contributed by atoms with Gasteiger partial charge in [0.15, 0.2) is 5.78 Å². The van der Waals surface area contributed by atoms with E-state index in [1.807, 2.05) is 6.07 Å². The van der Waals surface area contributed by atoms with Gasteiger partial charge >= 0.3 is 0 Å². The molecule has 0 aromatic heterocycles. The topological polar surface area (TPSA) is 59.0 Å². The first kappa shape index (κ1) is 17.4. The maximum atomic E-state index is 11.4. The zero-order valence-electron chi connectivity index (χ0n) is 14.3. The van der Waals surface area contributed by atoms with E-state index in [0.29, 0.717) is 30.0 Å². The number of carbonyl (C=O) groups is 1. The van der Waals surface area contributed by atoms with E-state index >= 15 is 0 Å². The van der Waals surface area contributed by atoms with Crippen molar-refractivity contribution in [2.24, 2.45) is 0 Å². The Balaban J connectivity index is 1.51. The van der Waals surface area contributed by atoms with Crippen molar-refractivity contribution in [2.75, 3.05) is 26.3 Å². The lowest BCUT2D eigenvalue weighted by atomic mass is 9.90. The van der Waals surface area contributed by atoms with Crippen LogP contribution in [0.25, 0.3) is 0 Å². The number of rotatable bonds is 6. The van der Waals surface area contributed by atoms with Crippen LogP contribution in [-0.2, 0) is 4.74 Å². The Hall–Kier alpha value is -1.43. The second kappa shape index (κ2) is 8.10. The van der Waals surface area contributed by atoms with Crippen LogP contribution in [0.3, 0.4) is 0 Å². The molecule has 5 nitrogen and oxygen atoms in total. The maximum absolute atomic E-state index is 11.4. The molecule has 3 unspecified atom stereocenters. The van der Waals surface area contributed by atoms with E-state index < -0.39 is 6.10 Å². The number of carbonyl (C=O) groups excluding carboxylic acids is 1. The lowest BCUT2D eigenvalue weighted by Crippen LogP contribution is -2.55. The molecule has 0 bridgehead atoms. The molecule has 0 radical (unpaired) electrons. The van der Waals surface area contributed by atoms with Crippen molar-refractivity contribution in [1.82, 2.24) is 4.90 Å². The molecule has 2 fully saturated rings. The second-order valence-corrected chi connectivity index (χ2v) is 6.80. The van der Waals surface area contributed by atoms with Crippen LogP contribution < -0.4 is 4.74 Å². The van der Waals surface area contributed by atoms with Crippen LogP contribution in [-0.4, -0.2) is 60.3 Å². The van der Waals surface area contributed by atoms with E-state index in [-0.39, 0.29) is 12.4 Å².